The first-order chi connectivity index (χ1) is 9.20. The molecule has 1 aliphatic rings. The van der Waals surface area contributed by atoms with E-state index >= 15 is 0 Å². The van der Waals surface area contributed by atoms with Gasteiger partial charge in [0.1, 0.15) is 12.4 Å². The van der Waals surface area contributed by atoms with E-state index in [0.29, 0.717) is 22.3 Å². The maximum atomic E-state index is 12.2. The zero-order valence-electron chi connectivity index (χ0n) is 9.84. The standard InChI is InChI=1S/C12H9ClN4O2/c13-8-2-3-10-9(6-8)17-11(7-19-10)15-16(12(17)18)5-1-4-14/h2-3,6H,1,5,7H2. The molecule has 2 aromatic rings. The summed E-state index contributed by atoms with van der Waals surface area (Å²) in [6.45, 7) is 0.495. The van der Waals surface area contributed by atoms with Gasteiger partial charge in [0.15, 0.2) is 5.82 Å². The summed E-state index contributed by atoms with van der Waals surface area (Å²) in [5.74, 6) is 1.11. The van der Waals surface area contributed by atoms with Gasteiger partial charge in [-0.05, 0) is 18.2 Å². The average Bonchev–Trinajstić information content (AvgIpc) is 2.73. The number of rotatable bonds is 2. The van der Waals surface area contributed by atoms with E-state index in [9.17, 15) is 4.79 Å². The Bertz CT molecular complexity index is 741. The number of fused-ring (bicyclic) bond motifs is 3. The van der Waals surface area contributed by atoms with Crippen molar-refractivity contribution in [3.63, 3.8) is 0 Å². The molecule has 0 radical (unpaired) electrons. The van der Waals surface area contributed by atoms with E-state index in [1.807, 2.05) is 6.07 Å². The molecule has 96 valence electrons. The van der Waals surface area contributed by atoms with Crippen molar-refractivity contribution in [2.45, 2.75) is 19.6 Å². The maximum Gasteiger partial charge on any atom is 0.350 e. The van der Waals surface area contributed by atoms with Gasteiger partial charge in [-0.1, -0.05) is 11.6 Å². The van der Waals surface area contributed by atoms with E-state index in [4.69, 9.17) is 21.6 Å². The number of nitrogens with zero attached hydrogens (tertiary/aromatic N) is 4. The molecule has 19 heavy (non-hydrogen) atoms. The quantitative estimate of drug-likeness (QED) is 0.833. The summed E-state index contributed by atoms with van der Waals surface area (Å²) >= 11 is 5.94. The van der Waals surface area contributed by atoms with Crippen LogP contribution in [0.1, 0.15) is 12.2 Å². The fourth-order valence-corrected chi connectivity index (χ4v) is 2.19. The second-order valence-corrected chi connectivity index (χ2v) is 4.50. The maximum absolute atomic E-state index is 12.2. The number of halogens is 1. The van der Waals surface area contributed by atoms with Gasteiger partial charge in [0.2, 0.25) is 0 Å². The number of aromatic nitrogens is 3. The molecule has 0 fully saturated rings. The van der Waals surface area contributed by atoms with Gasteiger partial charge in [0.05, 0.1) is 24.7 Å². The van der Waals surface area contributed by atoms with Crippen molar-refractivity contribution in [3.05, 3.63) is 39.5 Å². The molecule has 0 aliphatic carbocycles. The van der Waals surface area contributed by atoms with E-state index in [-0.39, 0.29) is 25.3 Å². The Morgan fingerprint density at radius 2 is 2.37 bits per heavy atom. The van der Waals surface area contributed by atoms with E-state index < -0.39 is 0 Å². The summed E-state index contributed by atoms with van der Waals surface area (Å²) < 4.78 is 8.27. The molecule has 7 heteroatoms. The highest BCUT2D eigenvalue weighted by atomic mass is 35.5. The summed E-state index contributed by atoms with van der Waals surface area (Å²) in [5, 5.41) is 13.3. The summed E-state index contributed by atoms with van der Waals surface area (Å²) in [7, 11) is 0. The van der Waals surface area contributed by atoms with Crippen molar-refractivity contribution >= 4 is 11.6 Å². The normalized spacial score (nSPS) is 12.2. The lowest BCUT2D eigenvalue weighted by atomic mass is 10.2. The number of benzene rings is 1. The molecule has 3 rings (SSSR count). The molecule has 0 bridgehead atoms. The van der Waals surface area contributed by atoms with Gasteiger partial charge in [0.25, 0.3) is 0 Å². The Balaban J connectivity index is 2.15. The average molecular weight is 277 g/mol. The SMILES string of the molecule is N#CCCn1nc2n(c1=O)-c1cc(Cl)ccc1OC2. The Morgan fingerprint density at radius 3 is 3.16 bits per heavy atom. The highest BCUT2D eigenvalue weighted by Gasteiger charge is 2.23. The molecule has 0 saturated carbocycles. The highest BCUT2D eigenvalue weighted by Crippen LogP contribution is 2.30. The number of nitriles is 1. The zero-order chi connectivity index (χ0) is 13.4. The van der Waals surface area contributed by atoms with Crippen molar-refractivity contribution in [1.29, 1.82) is 5.26 Å². The predicted octanol–water partition coefficient (Wildman–Crippen LogP) is 1.49. The van der Waals surface area contributed by atoms with Crippen LogP contribution in [0.5, 0.6) is 5.75 Å². The molecule has 2 heterocycles. The molecule has 1 aromatic heterocycles. The van der Waals surface area contributed by atoms with Gasteiger partial charge in [-0.2, -0.15) is 10.4 Å². The largest absolute Gasteiger partial charge is 0.483 e. The number of aryl methyl sites for hydroxylation is 1. The van der Waals surface area contributed by atoms with Crippen molar-refractivity contribution in [2.75, 3.05) is 0 Å². The van der Waals surface area contributed by atoms with Crippen LogP contribution in [0.3, 0.4) is 0 Å². The fourth-order valence-electron chi connectivity index (χ4n) is 2.02. The van der Waals surface area contributed by atoms with Crippen LogP contribution in [0.2, 0.25) is 5.02 Å². The minimum atomic E-state index is -0.280. The first kappa shape index (κ1) is 11.8. The van der Waals surface area contributed by atoms with E-state index in [2.05, 4.69) is 5.10 Å². The Hall–Kier alpha value is -2.26. The predicted molar refractivity (Wildman–Crippen MR) is 67.4 cm³/mol. The van der Waals surface area contributed by atoms with Crippen molar-refractivity contribution in [2.24, 2.45) is 0 Å². The third-order valence-electron chi connectivity index (χ3n) is 2.86. The Morgan fingerprint density at radius 1 is 1.53 bits per heavy atom. The molecule has 0 atom stereocenters. The van der Waals surface area contributed by atoms with Crippen LogP contribution in [0.4, 0.5) is 0 Å². The van der Waals surface area contributed by atoms with Gasteiger partial charge < -0.3 is 4.74 Å². The first-order valence-corrected chi connectivity index (χ1v) is 6.07. The topological polar surface area (TPSA) is 72.8 Å². The van der Waals surface area contributed by atoms with Crippen LogP contribution in [-0.4, -0.2) is 14.3 Å². The first-order valence-electron chi connectivity index (χ1n) is 5.69. The minimum Gasteiger partial charge on any atom is -0.483 e. The second kappa shape index (κ2) is 4.44. The van der Waals surface area contributed by atoms with Crippen LogP contribution in [0.15, 0.2) is 23.0 Å². The summed E-state index contributed by atoms with van der Waals surface area (Å²) in [6, 6.07) is 7.08. The number of hydrogen-bond acceptors (Lipinski definition) is 4. The van der Waals surface area contributed by atoms with Crippen LogP contribution in [0.25, 0.3) is 5.69 Å². The van der Waals surface area contributed by atoms with Gasteiger partial charge in [0, 0.05) is 5.02 Å². The van der Waals surface area contributed by atoms with E-state index in [1.165, 1.54) is 9.25 Å². The minimum absolute atomic E-state index is 0.226. The van der Waals surface area contributed by atoms with Crippen LogP contribution in [0, 0.1) is 11.3 Å². The fraction of sp³-hybridized carbons (Fsp3) is 0.250. The molecule has 0 saturated heterocycles. The van der Waals surface area contributed by atoms with E-state index in [0.717, 1.165) is 0 Å². The molecule has 1 aliphatic heterocycles. The molecule has 0 N–H and O–H groups in total. The molecule has 0 unspecified atom stereocenters. The second-order valence-electron chi connectivity index (χ2n) is 4.07. The monoisotopic (exact) mass is 276 g/mol. The van der Waals surface area contributed by atoms with Crippen LogP contribution >= 0.6 is 11.6 Å². The van der Waals surface area contributed by atoms with Crippen molar-refractivity contribution in [3.8, 4) is 17.5 Å². The lowest BCUT2D eigenvalue weighted by Gasteiger charge is -2.17. The molecule has 0 amide bonds. The molecular weight excluding hydrogens is 268 g/mol. The lowest BCUT2D eigenvalue weighted by Crippen LogP contribution is -2.26. The summed E-state index contributed by atoms with van der Waals surface area (Å²) in [6.07, 6.45) is 0.236. The lowest BCUT2D eigenvalue weighted by molar-refractivity contribution is 0.278. The third kappa shape index (κ3) is 1.88. The van der Waals surface area contributed by atoms with Gasteiger partial charge in [-0.25, -0.2) is 14.0 Å². The van der Waals surface area contributed by atoms with Crippen molar-refractivity contribution in [1.82, 2.24) is 14.3 Å². The van der Waals surface area contributed by atoms with Gasteiger partial charge in [-0.15, -0.1) is 0 Å². The molecule has 1 aromatic carbocycles. The Labute approximate surface area is 113 Å². The molecular formula is C12H9ClN4O2. The number of ether oxygens (including phenoxy) is 1. The summed E-state index contributed by atoms with van der Waals surface area (Å²) in [5.41, 5.74) is 0.305. The number of hydrogen-bond donors (Lipinski definition) is 0. The van der Waals surface area contributed by atoms with Gasteiger partial charge in [-0.3, -0.25) is 0 Å². The van der Waals surface area contributed by atoms with Crippen molar-refractivity contribution < 1.29 is 4.74 Å². The molecule has 0 spiro atoms. The van der Waals surface area contributed by atoms with Crippen LogP contribution < -0.4 is 10.4 Å². The van der Waals surface area contributed by atoms with E-state index in [1.54, 1.807) is 18.2 Å². The highest BCUT2D eigenvalue weighted by molar-refractivity contribution is 6.30. The Kier molecular flexibility index (Phi) is 2.76. The smallest absolute Gasteiger partial charge is 0.350 e. The van der Waals surface area contributed by atoms with Gasteiger partial charge >= 0.3 is 5.69 Å². The zero-order valence-corrected chi connectivity index (χ0v) is 10.6. The molecule has 6 nitrogen and oxygen atoms in total. The summed E-state index contributed by atoms with van der Waals surface area (Å²) in [4.78, 5) is 12.2. The third-order valence-corrected chi connectivity index (χ3v) is 3.10. The van der Waals surface area contributed by atoms with Crippen LogP contribution in [-0.2, 0) is 13.2 Å².